The fourth-order valence-corrected chi connectivity index (χ4v) is 1.23. The molecule has 1 aliphatic rings. The van der Waals surface area contributed by atoms with Crippen LogP contribution >= 0.6 is 0 Å². The van der Waals surface area contributed by atoms with Crippen LogP contribution in [0.3, 0.4) is 0 Å². The first-order valence-corrected chi connectivity index (χ1v) is 4.16. The Hall–Kier alpha value is -0.380. The van der Waals surface area contributed by atoms with E-state index in [0.29, 0.717) is 13.0 Å². The molecule has 70 valence electrons. The Labute approximate surface area is 73.0 Å². The third kappa shape index (κ3) is 2.30. The van der Waals surface area contributed by atoms with E-state index in [4.69, 9.17) is 9.47 Å². The summed E-state index contributed by atoms with van der Waals surface area (Å²) in [7, 11) is 0. The summed E-state index contributed by atoms with van der Waals surface area (Å²) >= 11 is 0. The molecule has 0 radical (unpaired) electrons. The highest BCUT2D eigenvalue weighted by atomic mass is 16.7. The Kier molecular flexibility index (Phi) is 2.88. The highest BCUT2D eigenvalue weighted by Crippen LogP contribution is 2.24. The first-order valence-electron chi connectivity index (χ1n) is 4.16. The number of hydrogen-bond acceptors (Lipinski definition) is 3. The number of aliphatic hydroxyl groups excluding tert-OH is 1. The summed E-state index contributed by atoms with van der Waals surface area (Å²) < 4.78 is 10.7. The zero-order valence-corrected chi connectivity index (χ0v) is 7.62. The van der Waals surface area contributed by atoms with Crippen molar-refractivity contribution in [3.05, 3.63) is 12.7 Å². The van der Waals surface area contributed by atoms with Crippen LogP contribution in [0.2, 0.25) is 0 Å². The topological polar surface area (TPSA) is 38.7 Å². The summed E-state index contributed by atoms with van der Waals surface area (Å²) in [6, 6.07) is 0. The quantitative estimate of drug-likeness (QED) is 0.647. The second kappa shape index (κ2) is 3.56. The van der Waals surface area contributed by atoms with E-state index >= 15 is 0 Å². The molecule has 1 heterocycles. The molecule has 1 aliphatic heterocycles. The Morgan fingerprint density at radius 1 is 1.75 bits per heavy atom. The SMILES string of the molecule is C=CC[C@@H](O)[C@@H]1COC(C)(C)O1. The molecule has 0 amide bonds. The molecule has 2 atom stereocenters. The largest absolute Gasteiger partial charge is 0.390 e. The maximum absolute atomic E-state index is 9.50. The van der Waals surface area contributed by atoms with Crippen molar-refractivity contribution in [1.29, 1.82) is 0 Å². The van der Waals surface area contributed by atoms with Gasteiger partial charge in [0.2, 0.25) is 0 Å². The molecule has 0 bridgehead atoms. The Bertz CT molecular complexity index is 165. The van der Waals surface area contributed by atoms with E-state index < -0.39 is 11.9 Å². The van der Waals surface area contributed by atoms with Crippen molar-refractivity contribution in [2.75, 3.05) is 6.61 Å². The Morgan fingerprint density at radius 2 is 2.42 bits per heavy atom. The smallest absolute Gasteiger partial charge is 0.163 e. The maximum atomic E-state index is 9.50. The molecule has 12 heavy (non-hydrogen) atoms. The molecule has 3 heteroatoms. The van der Waals surface area contributed by atoms with Crippen molar-refractivity contribution in [3.8, 4) is 0 Å². The van der Waals surface area contributed by atoms with E-state index in [1.54, 1.807) is 6.08 Å². The second-order valence-corrected chi connectivity index (χ2v) is 3.46. The van der Waals surface area contributed by atoms with Crippen molar-refractivity contribution in [1.82, 2.24) is 0 Å². The third-order valence-electron chi connectivity index (χ3n) is 1.87. The van der Waals surface area contributed by atoms with E-state index in [9.17, 15) is 5.11 Å². The average molecular weight is 172 g/mol. The van der Waals surface area contributed by atoms with Crippen LogP contribution in [-0.2, 0) is 9.47 Å². The van der Waals surface area contributed by atoms with Crippen molar-refractivity contribution < 1.29 is 14.6 Å². The summed E-state index contributed by atoms with van der Waals surface area (Å²) in [6.07, 6.45) is 1.52. The maximum Gasteiger partial charge on any atom is 0.163 e. The molecule has 0 unspecified atom stereocenters. The molecule has 1 saturated heterocycles. The fraction of sp³-hybridized carbons (Fsp3) is 0.778. The number of ether oxygens (including phenoxy) is 2. The molecule has 1 fully saturated rings. The van der Waals surface area contributed by atoms with Gasteiger partial charge in [-0.05, 0) is 20.3 Å². The predicted octanol–water partition coefficient (Wildman–Crippen LogP) is 1.07. The van der Waals surface area contributed by atoms with Gasteiger partial charge in [0.25, 0.3) is 0 Å². The van der Waals surface area contributed by atoms with Crippen LogP contribution in [0, 0.1) is 0 Å². The van der Waals surface area contributed by atoms with Crippen LogP contribution in [0.25, 0.3) is 0 Å². The molecular weight excluding hydrogens is 156 g/mol. The van der Waals surface area contributed by atoms with E-state index in [1.807, 2.05) is 13.8 Å². The molecule has 0 aromatic rings. The van der Waals surface area contributed by atoms with Crippen molar-refractivity contribution >= 4 is 0 Å². The molecule has 0 aromatic carbocycles. The summed E-state index contributed by atoms with van der Waals surface area (Å²) in [6.45, 7) is 7.69. The number of aliphatic hydroxyl groups is 1. The molecule has 0 aromatic heterocycles. The highest BCUT2D eigenvalue weighted by Gasteiger charge is 2.36. The lowest BCUT2D eigenvalue weighted by Gasteiger charge is -2.19. The minimum Gasteiger partial charge on any atom is -0.390 e. The minimum absolute atomic E-state index is 0.210. The lowest BCUT2D eigenvalue weighted by molar-refractivity contribution is -0.150. The summed E-state index contributed by atoms with van der Waals surface area (Å²) in [5, 5.41) is 9.50. The molecule has 0 aliphatic carbocycles. The summed E-state index contributed by atoms with van der Waals surface area (Å²) in [4.78, 5) is 0. The van der Waals surface area contributed by atoms with Crippen LogP contribution < -0.4 is 0 Å². The molecule has 1 N–H and O–H groups in total. The van der Waals surface area contributed by atoms with Gasteiger partial charge in [-0.25, -0.2) is 0 Å². The molecule has 1 rings (SSSR count). The lowest BCUT2D eigenvalue weighted by Crippen LogP contribution is -2.30. The molecular formula is C9H16O3. The van der Waals surface area contributed by atoms with Gasteiger partial charge in [0, 0.05) is 0 Å². The first kappa shape index (κ1) is 9.71. The van der Waals surface area contributed by atoms with Gasteiger partial charge in [-0.15, -0.1) is 6.58 Å². The monoisotopic (exact) mass is 172 g/mol. The van der Waals surface area contributed by atoms with E-state index in [1.165, 1.54) is 0 Å². The van der Waals surface area contributed by atoms with Crippen molar-refractivity contribution in [2.45, 2.75) is 38.3 Å². The number of hydrogen-bond donors (Lipinski definition) is 1. The minimum atomic E-state index is -0.549. The number of rotatable bonds is 3. The summed E-state index contributed by atoms with van der Waals surface area (Å²) in [5.41, 5.74) is 0. The fourth-order valence-electron chi connectivity index (χ4n) is 1.23. The molecule has 0 saturated carbocycles. The zero-order valence-electron chi connectivity index (χ0n) is 7.62. The van der Waals surface area contributed by atoms with Gasteiger partial charge in [-0.3, -0.25) is 0 Å². The van der Waals surface area contributed by atoms with E-state index in [0.717, 1.165) is 0 Å². The van der Waals surface area contributed by atoms with Crippen molar-refractivity contribution in [2.24, 2.45) is 0 Å². The predicted molar refractivity (Wildman–Crippen MR) is 45.7 cm³/mol. The van der Waals surface area contributed by atoms with Crippen molar-refractivity contribution in [3.63, 3.8) is 0 Å². The Balaban J connectivity index is 2.40. The average Bonchev–Trinajstić information content (AvgIpc) is 2.31. The zero-order chi connectivity index (χ0) is 9.19. The van der Waals surface area contributed by atoms with Crippen LogP contribution in [-0.4, -0.2) is 29.7 Å². The van der Waals surface area contributed by atoms with Gasteiger partial charge in [-0.2, -0.15) is 0 Å². The normalized spacial score (nSPS) is 30.1. The molecule has 0 spiro atoms. The van der Waals surface area contributed by atoms with Gasteiger partial charge in [0.05, 0.1) is 12.7 Å². The van der Waals surface area contributed by atoms with Gasteiger partial charge < -0.3 is 14.6 Å². The first-order chi connectivity index (χ1) is 5.55. The highest BCUT2D eigenvalue weighted by molar-refractivity contribution is 4.82. The molecule has 3 nitrogen and oxygen atoms in total. The van der Waals surface area contributed by atoms with Gasteiger partial charge in [0.15, 0.2) is 5.79 Å². The van der Waals surface area contributed by atoms with Crippen LogP contribution in [0.15, 0.2) is 12.7 Å². The summed E-state index contributed by atoms with van der Waals surface area (Å²) in [5.74, 6) is -0.549. The van der Waals surface area contributed by atoms with E-state index in [-0.39, 0.29) is 6.10 Å². The van der Waals surface area contributed by atoms with Gasteiger partial charge in [-0.1, -0.05) is 6.08 Å². The van der Waals surface area contributed by atoms with Crippen LogP contribution in [0.4, 0.5) is 0 Å². The van der Waals surface area contributed by atoms with Crippen LogP contribution in [0.5, 0.6) is 0 Å². The lowest BCUT2D eigenvalue weighted by atomic mass is 10.1. The standard InChI is InChI=1S/C9H16O3/c1-4-5-7(10)8-6-11-9(2,3)12-8/h4,7-8,10H,1,5-6H2,2-3H3/t7-,8+/m1/s1. The van der Waals surface area contributed by atoms with Gasteiger partial charge in [0.1, 0.15) is 6.10 Å². The third-order valence-corrected chi connectivity index (χ3v) is 1.87. The van der Waals surface area contributed by atoms with E-state index in [2.05, 4.69) is 6.58 Å². The Morgan fingerprint density at radius 3 is 2.83 bits per heavy atom. The van der Waals surface area contributed by atoms with Gasteiger partial charge >= 0.3 is 0 Å². The van der Waals surface area contributed by atoms with Crippen LogP contribution in [0.1, 0.15) is 20.3 Å². The second-order valence-electron chi connectivity index (χ2n) is 3.46.